The van der Waals surface area contributed by atoms with Crippen molar-refractivity contribution < 1.29 is 0 Å². The number of likely N-dealkylation sites (tertiary alicyclic amines) is 1. The first kappa shape index (κ1) is 13.1. The molecule has 1 heterocycles. The fourth-order valence-corrected chi connectivity index (χ4v) is 3.08. The van der Waals surface area contributed by atoms with Crippen molar-refractivity contribution in [1.29, 1.82) is 0 Å². The van der Waals surface area contributed by atoms with Crippen molar-refractivity contribution in [2.75, 3.05) is 26.2 Å². The summed E-state index contributed by atoms with van der Waals surface area (Å²) in [5, 5.41) is 3.57. The van der Waals surface area contributed by atoms with Crippen LogP contribution in [0.4, 0.5) is 0 Å². The summed E-state index contributed by atoms with van der Waals surface area (Å²) in [7, 11) is 0. The quantitative estimate of drug-likeness (QED) is 0.738. The van der Waals surface area contributed by atoms with E-state index in [1.165, 1.54) is 64.6 Å². The van der Waals surface area contributed by atoms with Crippen molar-refractivity contribution in [3.05, 3.63) is 11.6 Å². The fourth-order valence-electron chi connectivity index (χ4n) is 3.08. The lowest BCUT2D eigenvalue weighted by molar-refractivity contribution is 0.200. The SMILES string of the molecule is CCNC1CCN(CCC2=CCCCC2)CC1. The van der Waals surface area contributed by atoms with Gasteiger partial charge in [0.1, 0.15) is 0 Å². The summed E-state index contributed by atoms with van der Waals surface area (Å²) in [6.45, 7) is 7.22. The molecule has 1 fully saturated rings. The van der Waals surface area contributed by atoms with Crippen molar-refractivity contribution in [3.63, 3.8) is 0 Å². The molecule has 0 aromatic carbocycles. The minimum absolute atomic E-state index is 0.783. The Kier molecular flexibility index (Phi) is 5.53. The maximum Gasteiger partial charge on any atom is 0.00912 e. The van der Waals surface area contributed by atoms with Crippen LogP contribution in [0.2, 0.25) is 0 Å². The van der Waals surface area contributed by atoms with Crippen LogP contribution in [0.5, 0.6) is 0 Å². The highest BCUT2D eigenvalue weighted by molar-refractivity contribution is 5.05. The zero-order valence-corrected chi connectivity index (χ0v) is 11.4. The summed E-state index contributed by atoms with van der Waals surface area (Å²) in [5.41, 5.74) is 1.73. The van der Waals surface area contributed by atoms with Gasteiger partial charge in [0.05, 0.1) is 0 Å². The van der Waals surface area contributed by atoms with E-state index in [-0.39, 0.29) is 0 Å². The topological polar surface area (TPSA) is 15.3 Å². The van der Waals surface area contributed by atoms with Gasteiger partial charge in [-0.3, -0.25) is 0 Å². The lowest BCUT2D eigenvalue weighted by atomic mass is 9.96. The van der Waals surface area contributed by atoms with E-state index in [9.17, 15) is 0 Å². The van der Waals surface area contributed by atoms with Gasteiger partial charge in [0.2, 0.25) is 0 Å². The largest absolute Gasteiger partial charge is 0.314 e. The summed E-state index contributed by atoms with van der Waals surface area (Å²) in [5.74, 6) is 0. The zero-order chi connectivity index (χ0) is 11.9. The monoisotopic (exact) mass is 236 g/mol. The van der Waals surface area contributed by atoms with Crippen molar-refractivity contribution in [3.8, 4) is 0 Å². The predicted molar refractivity (Wildman–Crippen MR) is 74.3 cm³/mol. The van der Waals surface area contributed by atoms with Crippen molar-refractivity contribution in [2.45, 2.75) is 57.9 Å². The second-order valence-electron chi connectivity index (χ2n) is 5.53. The van der Waals surface area contributed by atoms with Gasteiger partial charge in [-0.2, -0.15) is 0 Å². The van der Waals surface area contributed by atoms with E-state index >= 15 is 0 Å². The summed E-state index contributed by atoms with van der Waals surface area (Å²) >= 11 is 0. The molecule has 0 amide bonds. The first-order valence-electron chi connectivity index (χ1n) is 7.52. The molecule has 0 unspecified atom stereocenters. The highest BCUT2D eigenvalue weighted by atomic mass is 15.1. The van der Waals surface area contributed by atoms with E-state index in [4.69, 9.17) is 0 Å². The summed E-state index contributed by atoms with van der Waals surface area (Å²) in [6, 6.07) is 0.783. The minimum atomic E-state index is 0.783. The first-order valence-corrected chi connectivity index (χ1v) is 7.52. The Labute approximate surface area is 106 Å². The molecule has 1 saturated heterocycles. The lowest BCUT2D eigenvalue weighted by Gasteiger charge is -2.32. The molecule has 0 aromatic heterocycles. The number of hydrogen-bond donors (Lipinski definition) is 1. The van der Waals surface area contributed by atoms with Crippen molar-refractivity contribution >= 4 is 0 Å². The smallest absolute Gasteiger partial charge is 0.00912 e. The molecule has 2 aliphatic rings. The van der Waals surface area contributed by atoms with Gasteiger partial charge >= 0.3 is 0 Å². The van der Waals surface area contributed by atoms with Crippen LogP contribution in [-0.2, 0) is 0 Å². The summed E-state index contributed by atoms with van der Waals surface area (Å²) < 4.78 is 0. The second kappa shape index (κ2) is 7.17. The minimum Gasteiger partial charge on any atom is -0.314 e. The number of allylic oxidation sites excluding steroid dienone is 1. The Hall–Kier alpha value is -0.340. The molecule has 1 N–H and O–H groups in total. The Morgan fingerprint density at radius 2 is 2.12 bits per heavy atom. The van der Waals surface area contributed by atoms with Gasteiger partial charge in [0, 0.05) is 12.6 Å². The van der Waals surface area contributed by atoms with Gasteiger partial charge in [0.15, 0.2) is 0 Å². The molecule has 98 valence electrons. The van der Waals surface area contributed by atoms with E-state index in [2.05, 4.69) is 23.2 Å². The van der Waals surface area contributed by atoms with Crippen LogP contribution in [0.15, 0.2) is 11.6 Å². The van der Waals surface area contributed by atoms with Gasteiger partial charge in [0.25, 0.3) is 0 Å². The second-order valence-corrected chi connectivity index (χ2v) is 5.53. The third kappa shape index (κ3) is 4.44. The standard InChI is InChI=1S/C15H28N2/c1-2-16-15-9-12-17(13-10-15)11-8-14-6-4-3-5-7-14/h6,15-16H,2-5,7-13H2,1H3. The Balaban J connectivity index is 1.62. The Bertz CT molecular complexity index is 239. The molecule has 2 rings (SSSR count). The average molecular weight is 236 g/mol. The van der Waals surface area contributed by atoms with Crippen LogP contribution in [0.1, 0.15) is 51.9 Å². The molecule has 17 heavy (non-hydrogen) atoms. The van der Waals surface area contributed by atoms with Crippen LogP contribution in [-0.4, -0.2) is 37.1 Å². The Morgan fingerprint density at radius 3 is 2.76 bits per heavy atom. The van der Waals surface area contributed by atoms with Crippen molar-refractivity contribution in [1.82, 2.24) is 10.2 Å². The molecular formula is C15H28N2. The molecule has 0 spiro atoms. The zero-order valence-electron chi connectivity index (χ0n) is 11.4. The average Bonchev–Trinajstić information content (AvgIpc) is 2.40. The number of rotatable bonds is 5. The fraction of sp³-hybridized carbons (Fsp3) is 0.867. The molecule has 0 saturated carbocycles. The third-order valence-electron chi connectivity index (χ3n) is 4.21. The lowest BCUT2D eigenvalue weighted by Crippen LogP contribution is -2.42. The van der Waals surface area contributed by atoms with Gasteiger partial charge in [-0.15, -0.1) is 0 Å². The van der Waals surface area contributed by atoms with E-state index < -0.39 is 0 Å². The summed E-state index contributed by atoms with van der Waals surface area (Å²) in [4.78, 5) is 2.66. The van der Waals surface area contributed by atoms with Crippen LogP contribution in [0, 0.1) is 0 Å². The van der Waals surface area contributed by atoms with Crippen molar-refractivity contribution in [2.24, 2.45) is 0 Å². The normalized spacial score (nSPS) is 23.7. The number of piperidine rings is 1. The summed E-state index contributed by atoms with van der Waals surface area (Å²) in [6.07, 6.45) is 12.0. The van der Waals surface area contributed by atoms with Crippen LogP contribution in [0.25, 0.3) is 0 Å². The van der Waals surface area contributed by atoms with Gasteiger partial charge in [-0.25, -0.2) is 0 Å². The van der Waals surface area contributed by atoms with Gasteiger partial charge < -0.3 is 10.2 Å². The van der Waals surface area contributed by atoms with Crippen LogP contribution in [0.3, 0.4) is 0 Å². The highest BCUT2D eigenvalue weighted by Crippen LogP contribution is 2.21. The van der Waals surface area contributed by atoms with Crippen LogP contribution >= 0.6 is 0 Å². The van der Waals surface area contributed by atoms with E-state index in [1.807, 2.05) is 0 Å². The molecule has 2 nitrogen and oxygen atoms in total. The molecule has 0 radical (unpaired) electrons. The van der Waals surface area contributed by atoms with Gasteiger partial charge in [-0.1, -0.05) is 18.6 Å². The first-order chi connectivity index (χ1) is 8.38. The molecule has 0 atom stereocenters. The van der Waals surface area contributed by atoms with E-state index in [0.717, 1.165) is 12.6 Å². The molecule has 0 aromatic rings. The number of nitrogens with zero attached hydrogens (tertiary/aromatic N) is 1. The molecule has 2 heteroatoms. The highest BCUT2D eigenvalue weighted by Gasteiger charge is 2.18. The van der Waals surface area contributed by atoms with Crippen LogP contribution < -0.4 is 5.32 Å². The van der Waals surface area contributed by atoms with E-state index in [0.29, 0.717) is 0 Å². The van der Waals surface area contributed by atoms with E-state index in [1.54, 1.807) is 5.57 Å². The maximum absolute atomic E-state index is 3.57. The molecule has 1 aliphatic heterocycles. The van der Waals surface area contributed by atoms with Gasteiger partial charge in [-0.05, 0) is 64.6 Å². The molecule has 0 bridgehead atoms. The molecular weight excluding hydrogens is 208 g/mol. The third-order valence-corrected chi connectivity index (χ3v) is 4.21. The molecule has 1 aliphatic carbocycles. The Morgan fingerprint density at radius 1 is 1.29 bits per heavy atom. The number of nitrogens with one attached hydrogen (secondary N) is 1. The maximum atomic E-state index is 3.57. The predicted octanol–water partition coefficient (Wildman–Crippen LogP) is 2.95. The number of hydrogen-bond acceptors (Lipinski definition) is 2.